The second kappa shape index (κ2) is 6.31. The molecule has 20 heavy (non-hydrogen) atoms. The third-order valence-corrected chi connectivity index (χ3v) is 4.51. The average Bonchev–Trinajstić information content (AvgIpc) is 2.50. The molecule has 1 aliphatic rings. The summed E-state index contributed by atoms with van der Waals surface area (Å²) in [5.74, 6) is 0. The van der Waals surface area contributed by atoms with Crippen LogP contribution >= 0.6 is 11.8 Å². The number of fused-ring (bicyclic) bond motifs is 2. The lowest BCUT2D eigenvalue weighted by atomic mass is 10.2. The molecule has 104 valence electrons. The summed E-state index contributed by atoms with van der Waals surface area (Å²) in [7, 11) is 0. The van der Waals surface area contributed by atoms with Crippen molar-refractivity contribution < 1.29 is 5.11 Å². The summed E-state index contributed by atoms with van der Waals surface area (Å²) in [6, 6.07) is 17.1. The molecule has 3 rings (SSSR count). The Labute approximate surface area is 123 Å². The molecule has 1 aliphatic heterocycles. The second-order valence-electron chi connectivity index (χ2n) is 4.70. The number of hydrogen-bond acceptors (Lipinski definition) is 4. The van der Waals surface area contributed by atoms with Crippen LogP contribution in [0.1, 0.15) is 6.42 Å². The molecular weight excluding hydrogens is 268 g/mol. The van der Waals surface area contributed by atoms with Crippen LogP contribution in [-0.4, -0.2) is 24.9 Å². The van der Waals surface area contributed by atoms with Gasteiger partial charge in [-0.15, -0.1) is 0 Å². The van der Waals surface area contributed by atoms with E-state index in [1.165, 1.54) is 21.2 Å². The van der Waals surface area contributed by atoms with Gasteiger partial charge >= 0.3 is 0 Å². The van der Waals surface area contributed by atoms with Gasteiger partial charge in [-0.3, -0.25) is 5.32 Å². The molecular formula is C16H18N2OS. The van der Waals surface area contributed by atoms with Gasteiger partial charge in [0.15, 0.2) is 0 Å². The molecule has 0 amide bonds. The highest BCUT2D eigenvalue weighted by Gasteiger charge is 2.21. The lowest BCUT2D eigenvalue weighted by molar-refractivity contribution is 0.261. The number of rotatable bonds is 5. The van der Waals surface area contributed by atoms with Crippen molar-refractivity contribution in [3.63, 3.8) is 0 Å². The van der Waals surface area contributed by atoms with Gasteiger partial charge in [-0.1, -0.05) is 36.0 Å². The summed E-state index contributed by atoms with van der Waals surface area (Å²) in [6.07, 6.45) is 0.994. The van der Waals surface area contributed by atoms with E-state index >= 15 is 0 Å². The zero-order chi connectivity index (χ0) is 13.8. The van der Waals surface area contributed by atoms with Crippen molar-refractivity contribution in [1.82, 2.24) is 5.32 Å². The topological polar surface area (TPSA) is 35.5 Å². The molecule has 2 aromatic rings. The Kier molecular flexibility index (Phi) is 4.25. The lowest BCUT2D eigenvalue weighted by Crippen LogP contribution is -2.25. The number of aliphatic hydroxyl groups is 1. The fourth-order valence-electron chi connectivity index (χ4n) is 2.46. The molecule has 0 spiro atoms. The summed E-state index contributed by atoms with van der Waals surface area (Å²) in [5, 5.41) is 11.8. The fourth-order valence-corrected chi connectivity index (χ4v) is 3.56. The highest BCUT2D eigenvalue weighted by atomic mass is 32.2. The van der Waals surface area contributed by atoms with Gasteiger partial charge in [0.05, 0.1) is 18.1 Å². The fraction of sp³-hybridized carbons (Fsp3) is 0.250. The van der Waals surface area contributed by atoms with Gasteiger partial charge in [0.1, 0.15) is 0 Å². The van der Waals surface area contributed by atoms with Crippen molar-refractivity contribution in [3.8, 4) is 0 Å². The molecule has 0 unspecified atom stereocenters. The molecule has 2 aromatic carbocycles. The predicted octanol–water partition coefficient (Wildman–Crippen LogP) is 3.22. The summed E-state index contributed by atoms with van der Waals surface area (Å²) in [4.78, 5) is 4.99. The quantitative estimate of drug-likeness (QED) is 0.653. The summed E-state index contributed by atoms with van der Waals surface area (Å²) >= 11 is 1.83. The van der Waals surface area contributed by atoms with Gasteiger partial charge in [0.25, 0.3) is 0 Å². The summed E-state index contributed by atoms with van der Waals surface area (Å²) in [5.41, 5.74) is 2.56. The maximum absolute atomic E-state index is 8.79. The van der Waals surface area contributed by atoms with Crippen LogP contribution in [0.2, 0.25) is 0 Å². The van der Waals surface area contributed by atoms with Crippen LogP contribution in [0.5, 0.6) is 0 Å². The van der Waals surface area contributed by atoms with Crippen molar-refractivity contribution >= 4 is 23.1 Å². The first-order valence-electron chi connectivity index (χ1n) is 6.85. The van der Waals surface area contributed by atoms with Crippen LogP contribution in [0, 0.1) is 0 Å². The number of nitrogens with zero attached hydrogens (tertiary/aromatic N) is 1. The molecule has 3 nitrogen and oxygen atoms in total. The minimum atomic E-state index is 0.0447. The molecule has 0 bridgehead atoms. The number of anilines is 2. The van der Waals surface area contributed by atoms with Crippen molar-refractivity contribution in [2.24, 2.45) is 0 Å². The van der Waals surface area contributed by atoms with E-state index in [0.717, 1.165) is 19.5 Å². The standard InChI is InChI=1S/C16H18N2OS/c19-12-17-10-5-11-18-13-6-1-3-8-15(13)20-16-9-4-2-7-14(16)18/h1-4,6-9,17,19H,5,10-12H2. The molecule has 0 aliphatic carbocycles. The highest BCUT2D eigenvalue weighted by molar-refractivity contribution is 7.99. The van der Waals surface area contributed by atoms with E-state index in [1.54, 1.807) is 0 Å². The van der Waals surface area contributed by atoms with Crippen molar-refractivity contribution in [1.29, 1.82) is 0 Å². The Morgan fingerprint density at radius 3 is 2.15 bits per heavy atom. The van der Waals surface area contributed by atoms with Crippen LogP contribution < -0.4 is 10.2 Å². The van der Waals surface area contributed by atoms with Crippen molar-refractivity contribution in [3.05, 3.63) is 48.5 Å². The van der Waals surface area contributed by atoms with Crippen LogP contribution in [0.15, 0.2) is 58.3 Å². The smallest absolute Gasteiger partial charge is 0.0931 e. The van der Waals surface area contributed by atoms with Gasteiger partial charge < -0.3 is 10.0 Å². The Bertz CT molecular complexity index is 543. The maximum Gasteiger partial charge on any atom is 0.0931 e. The zero-order valence-electron chi connectivity index (χ0n) is 11.2. The number of nitrogens with one attached hydrogen (secondary N) is 1. The Hall–Kier alpha value is -1.49. The van der Waals surface area contributed by atoms with E-state index in [-0.39, 0.29) is 6.73 Å². The average molecular weight is 286 g/mol. The minimum absolute atomic E-state index is 0.0447. The number of para-hydroxylation sites is 2. The molecule has 0 radical (unpaired) electrons. The Morgan fingerprint density at radius 2 is 1.55 bits per heavy atom. The lowest BCUT2D eigenvalue weighted by Gasteiger charge is -2.32. The molecule has 4 heteroatoms. The van der Waals surface area contributed by atoms with Gasteiger partial charge in [-0.05, 0) is 37.2 Å². The molecule has 0 saturated heterocycles. The van der Waals surface area contributed by atoms with Crippen LogP contribution in [0.25, 0.3) is 0 Å². The highest BCUT2D eigenvalue weighted by Crippen LogP contribution is 2.47. The van der Waals surface area contributed by atoms with E-state index in [0.29, 0.717) is 0 Å². The third kappa shape index (κ3) is 2.68. The largest absolute Gasteiger partial charge is 0.381 e. The van der Waals surface area contributed by atoms with Gasteiger partial charge in [0, 0.05) is 16.3 Å². The molecule has 0 atom stereocenters. The van der Waals surface area contributed by atoms with Crippen molar-refractivity contribution in [2.75, 3.05) is 24.7 Å². The van der Waals surface area contributed by atoms with Crippen LogP contribution in [0.3, 0.4) is 0 Å². The van der Waals surface area contributed by atoms with Gasteiger partial charge in [-0.25, -0.2) is 0 Å². The normalized spacial score (nSPS) is 12.9. The van der Waals surface area contributed by atoms with Gasteiger partial charge in [0.2, 0.25) is 0 Å². The first kappa shape index (κ1) is 13.5. The summed E-state index contributed by atoms with van der Waals surface area (Å²) < 4.78 is 0. The van der Waals surface area contributed by atoms with Gasteiger partial charge in [-0.2, -0.15) is 0 Å². The number of aliphatic hydroxyl groups excluding tert-OH is 1. The first-order valence-corrected chi connectivity index (χ1v) is 7.67. The Morgan fingerprint density at radius 1 is 0.950 bits per heavy atom. The predicted molar refractivity (Wildman–Crippen MR) is 83.7 cm³/mol. The molecule has 0 aromatic heterocycles. The first-order chi connectivity index (χ1) is 9.90. The monoisotopic (exact) mass is 286 g/mol. The van der Waals surface area contributed by atoms with E-state index in [4.69, 9.17) is 5.11 Å². The molecule has 1 heterocycles. The number of benzene rings is 2. The number of hydrogen-bond donors (Lipinski definition) is 2. The van der Waals surface area contributed by atoms with E-state index < -0.39 is 0 Å². The Balaban J connectivity index is 1.87. The van der Waals surface area contributed by atoms with E-state index in [1.807, 2.05) is 11.8 Å². The zero-order valence-corrected chi connectivity index (χ0v) is 12.1. The minimum Gasteiger partial charge on any atom is -0.381 e. The van der Waals surface area contributed by atoms with E-state index in [2.05, 4.69) is 58.7 Å². The maximum atomic E-state index is 8.79. The van der Waals surface area contributed by atoms with Crippen LogP contribution in [0.4, 0.5) is 11.4 Å². The molecule has 0 saturated carbocycles. The molecule has 2 N–H and O–H groups in total. The SMILES string of the molecule is OCNCCCN1c2ccccc2Sc2ccccc21. The van der Waals surface area contributed by atoms with Crippen molar-refractivity contribution in [2.45, 2.75) is 16.2 Å². The second-order valence-corrected chi connectivity index (χ2v) is 5.78. The molecule has 0 fully saturated rings. The summed E-state index contributed by atoms with van der Waals surface area (Å²) in [6.45, 7) is 1.81. The van der Waals surface area contributed by atoms with E-state index in [9.17, 15) is 0 Å². The van der Waals surface area contributed by atoms with Crippen LogP contribution in [-0.2, 0) is 0 Å². The third-order valence-electron chi connectivity index (χ3n) is 3.38.